The third kappa shape index (κ3) is 3.58. The lowest BCUT2D eigenvalue weighted by atomic mass is 9.87. The first-order chi connectivity index (χ1) is 9.49. The van der Waals surface area contributed by atoms with Crippen LogP contribution in [0.3, 0.4) is 0 Å². The molecule has 1 aromatic heterocycles. The number of rotatable bonds is 3. The monoisotopic (exact) mass is 266 g/mol. The molecule has 0 aliphatic carbocycles. The Morgan fingerprint density at radius 1 is 1.10 bits per heavy atom. The van der Waals surface area contributed by atoms with Gasteiger partial charge in [0.25, 0.3) is 0 Å². The molecule has 0 radical (unpaired) electrons. The van der Waals surface area contributed by atoms with Crippen molar-refractivity contribution in [1.29, 1.82) is 5.26 Å². The summed E-state index contributed by atoms with van der Waals surface area (Å²) in [5.74, 6) is 0.836. The molecule has 0 aliphatic heterocycles. The van der Waals surface area contributed by atoms with Crippen LogP contribution in [0.25, 0.3) is 0 Å². The molecule has 0 saturated heterocycles. The van der Waals surface area contributed by atoms with Crippen LogP contribution in [0, 0.1) is 11.3 Å². The first-order valence-electron chi connectivity index (χ1n) is 6.57. The van der Waals surface area contributed by atoms with Crippen molar-refractivity contribution in [3.05, 3.63) is 59.4 Å². The van der Waals surface area contributed by atoms with Gasteiger partial charge in [-0.3, -0.25) is 0 Å². The minimum absolute atomic E-state index is 0.148. The van der Waals surface area contributed by atoms with E-state index in [4.69, 9.17) is 10.00 Å². The highest BCUT2D eigenvalue weighted by Crippen LogP contribution is 2.24. The SMILES string of the molecule is CC(C)(C)c1ccc(OCc2ccc(C#N)nc2)cc1. The Morgan fingerprint density at radius 3 is 2.30 bits per heavy atom. The molecule has 1 heterocycles. The standard InChI is InChI=1S/C17H18N2O/c1-17(2,3)14-5-8-16(9-6-14)20-12-13-4-7-15(10-18)19-11-13/h4-9,11H,12H2,1-3H3. The highest BCUT2D eigenvalue weighted by Gasteiger charge is 2.12. The number of hydrogen-bond donors (Lipinski definition) is 0. The van der Waals surface area contributed by atoms with Gasteiger partial charge in [-0.25, -0.2) is 4.98 Å². The Morgan fingerprint density at radius 2 is 1.80 bits per heavy atom. The number of aromatic nitrogens is 1. The second kappa shape index (κ2) is 5.75. The van der Waals surface area contributed by atoms with E-state index in [0.717, 1.165) is 11.3 Å². The van der Waals surface area contributed by atoms with Crippen LogP contribution in [0.1, 0.15) is 37.6 Å². The van der Waals surface area contributed by atoms with Crippen molar-refractivity contribution in [1.82, 2.24) is 4.98 Å². The van der Waals surface area contributed by atoms with Gasteiger partial charge in [-0.1, -0.05) is 39.0 Å². The summed E-state index contributed by atoms with van der Waals surface area (Å²) in [7, 11) is 0. The van der Waals surface area contributed by atoms with E-state index >= 15 is 0 Å². The molecular weight excluding hydrogens is 248 g/mol. The molecule has 0 unspecified atom stereocenters. The van der Waals surface area contributed by atoms with Gasteiger partial charge in [0.05, 0.1) is 0 Å². The fourth-order valence-corrected chi connectivity index (χ4v) is 1.79. The molecule has 2 rings (SSSR count). The summed E-state index contributed by atoms with van der Waals surface area (Å²) in [4.78, 5) is 4.01. The summed E-state index contributed by atoms with van der Waals surface area (Å²) in [5.41, 5.74) is 2.80. The van der Waals surface area contributed by atoms with Crippen molar-refractivity contribution in [2.24, 2.45) is 0 Å². The van der Waals surface area contributed by atoms with E-state index in [1.54, 1.807) is 12.3 Å². The van der Waals surface area contributed by atoms with Crippen LogP contribution in [-0.4, -0.2) is 4.98 Å². The summed E-state index contributed by atoms with van der Waals surface area (Å²) in [6.07, 6.45) is 1.67. The number of pyridine rings is 1. The Balaban J connectivity index is 1.98. The summed E-state index contributed by atoms with van der Waals surface area (Å²) in [5, 5.41) is 8.68. The molecule has 3 nitrogen and oxygen atoms in total. The molecule has 0 spiro atoms. The van der Waals surface area contributed by atoms with Gasteiger partial charge < -0.3 is 4.74 Å². The maximum absolute atomic E-state index is 8.68. The lowest BCUT2D eigenvalue weighted by Crippen LogP contribution is -2.10. The highest BCUT2D eigenvalue weighted by atomic mass is 16.5. The fourth-order valence-electron chi connectivity index (χ4n) is 1.79. The number of ether oxygens (including phenoxy) is 1. The number of nitrogens with zero attached hydrogens (tertiary/aromatic N) is 2. The number of benzene rings is 1. The largest absolute Gasteiger partial charge is 0.489 e. The topological polar surface area (TPSA) is 45.9 Å². The van der Waals surface area contributed by atoms with E-state index in [0.29, 0.717) is 12.3 Å². The zero-order chi connectivity index (χ0) is 14.6. The normalized spacial score (nSPS) is 10.9. The van der Waals surface area contributed by atoms with E-state index in [-0.39, 0.29) is 5.41 Å². The number of hydrogen-bond acceptors (Lipinski definition) is 3. The predicted octanol–water partition coefficient (Wildman–Crippen LogP) is 3.83. The molecule has 0 saturated carbocycles. The van der Waals surface area contributed by atoms with Crippen LogP contribution < -0.4 is 4.74 Å². The second-order valence-electron chi connectivity index (χ2n) is 5.73. The molecule has 0 atom stereocenters. The molecule has 1 aromatic carbocycles. The number of nitriles is 1. The van der Waals surface area contributed by atoms with Gasteiger partial charge in [-0.2, -0.15) is 5.26 Å². The molecule has 3 heteroatoms. The van der Waals surface area contributed by atoms with Crippen molar-refractivity contribution < 1.29 is 4.74 Å². The van der Waals surface area contributed by atoms with Crippen molar-refractivity contribution in [2.45, 2.75) is 32.8 Å². The molecular formula is C17H18N2O. The maximum atomic E-state index is 8.68. The van der Waals surface area contributed by atoms with E-state index in [1.165, 1.54) is 5.56 Å². The minimum Gasteiger partial charge on any atom is -0.489 e. The highest BCUT2D eigenvalue weighted by molar-refractivity contribution is 5.31. The van der Waals surface area contributed by atoms with E-state index in [2.05, 4.69) is 37.9 Å². The molecule has 20 heavy (non-hydrogen) atoms. The zero-order valence-electron chi connectivity index (χ0n) is 12.1. The van der Waals surface area contributed by atoms with Crippen LogP contribution in [0.2, 0.25) is 0 Å². The van der Waals surface area contributed by atoms with Crippen molar-refractivity contribution in [3.8, 4) is 11.8 Å². The minimum atomic E-state index is 0.148. The Labute approximate surface area is 119 Å². The lowest BCUT2D eigenvalue weighted by molar-refractivity contribution is 0.305. The van der Waals surface area contributed by atoms with Gasteiger partial charge in [0.15, 0.2) is 0 Å². The van der Waals surface area contributed by atoms with Crippen LogP contribution in [0.5, 0.6) is 5.75 Å². The Bertz CT molecular complexity index is 601. The van der Waals surface area contributed by atoms with E-state index < -0.39 is 0 Å². The van der Waals surface area contributed by atoms with Gasteiger partial charge in [0.1, 0.15) is 24.1 Å². The van der Waals surface area contributed by atoms with Crippen LogP contribution >= 0.6 is 0 Å². The molecule has 2 aromatic rings. The molecule has 0 N–H and O–H groups in total. The van der Waals surface area contributed by atoms with Gasteiger partial charge in [-0.05, 0) is 29.2 Å². The Kier molecular flexibility index (Phi) is 4.05. The lowest BCUT2D eigenvalue weighted by Gasteiger charge is -2.19. The molecule has 0 bridgehead atoms. The van der Waals surface area contributed by atoms with Crippen molar-refractivity contribution in [3.63, 3.8) is 0 Å². The zero-order valence-corrected chi connectivity index (χ0v) is 12.1. The van der Waals surface area contributed by atoms with Crippen molar-refractivity contribution in [2.75, 3.05) is 0 Å². The average Bonchev–Trinajstić information content (AvgIpc) is 2.45. The van der Waals surface area contributed by atoms with Crippen LogP contribution in [-0.2, 0) is 12.0 Å². The first-order valence-corrected chi connectivity index (χ1v) is 6.57. The van der Waals surface area contributed by atoms with Gasteiger partial charge >= 0.3 is 0 Å². The van der Waals surface area contributed by atoms with Gasteiger partial charge in [0, 0.05) is 11.8 Å². The van der Waals surface area contributed by atoms with Crippen LogP contribution in [0.15, 0.2) is 42.6 Å². The fraction of sp³-hybridized carbons (Fsp3) is 0.294. The van der Waals surface area contributed by atoms with Gasteiger partial charge in [-0.15, -0.1) is 0 Å². The smallest absolute Gasteiger partial charge is 0.140 e. The van der Waals surface area contributed by atoms with E-state index in [1.807, 2.05) is 24.3 Å². The predicted molar refractivity (Wildman–Crippen MR) is 78.4 cm³/mol. The first kappa shape index (κ1) is 14.1. The summed E-state index contributed by atoms with van der Waals surface area (Å²) >= 11 is 0. The third-order valence-electron chi connectivity index (χ3n) is 3.07. The van der Waals surface area contributed by atoms with E-state index in [9.17, 15) is 0 Å². The Hall–Kier alpha value is -2.34. The molecule has 102 valence electrons. The third-order valence-corrected chi connectivity index (χ3v) is 3.07. The summed E-state index contributed by atoms with van der Waals surface area (Å²) in [6.45, 7) is 7.01. The quantitative estimate of drug-likeness (QED) is 0.848. The average molecular weight is 266 g/mol. The molecule has 0 aliphatic rings. The van der Waals surface area contributed by atoms with Gasteiger partial charge in [0.2, 0.25) is 0 Å². The molecule has 0 amide bonds. The maximum Gasteiger partial charge on any atom is 0.140 e. The second-order valence-corrected chi connectivity index (χ2v) is 5.73. The summed E-state index contributed by atoms with van der Waals surface area (Å²) < 4.78 is 5.71. The molecule has 0 fully saturated rings. The van der Waals surface area contributed by atoms with Crippen LogP contribution in [0.4, 0.5) is 0 Å². The summed E-state index contributed by atoms with van der Waals surface area (Å²) in [6, 6.07) is 13.7. The van der Waals surface area contributed by atoms with Crippen molar-refractivity contribution >= 4 is 0 Å².